The largest absolute Gasteiger partial charge is 0.340 e. The molecule has 2 rings (SSSR count). The van der Waals surface area contributed by atoms with E-state index in [0.29, 0.717) is 0 Å². The Labute approximate surface area is 101 Å². The number of carbonyl (C=O) groups excluding carboxylic acids is 1. The minimum absolute atomic E-state index is 0.181. The number of thiophene rings is 1. The van der Waals surface area contributed by atoms with Gasteiger partial charge in [0.1, 0.15) is 0 Å². The maximum atomic E-state index is 12.0. The van der Waals surface area contributed by atoms with E-state index in [9.17, 15) is 4.79 Å². The van der Waals surface area contributed by atoms with Gasteiger partial charge < -0.3 is 4.90 Å². The summed E-state index contributed by atoms with van der Waals surface area (Å²) in [6, 6.07) is 2.17. The average Bonchev–Trinajstić information content (AvgIpc) is 2.63. The third-order valence-electron chi connectivity index (χ3n) is 3.23. The molecule has 0 aliphatic carbocycles. The van der Waals surface area contributed by atoms with E-state index in [1.54, 1.807) is 11.3 Å². The van der Waals surface area contributed by atoms with E-state index in [-0.39, 0.29) is 16.7 Å². The summed E-state index contributed by atoms with van der Waals surface area (Å²) in [5.74, 6) is 0.264. The van der Waals surface area contributed by atoms with Crippen LogP contribution in [0.3, 0.4) is 0 Å². The molecule has 0 unspecified atom stereocenters. The van der Waals surface area contributed by atoms with Gasteiger partial charge in [-0.15, -0.1) is 0 Å². The zero-order chi connectivity index (χ0) is 12.0. The highest BCUT2D eigenvalue weighted by atomic mass is 32.1. The number of hydrogen-bond acceptors (Lipinski definition) is 2. The van der Waals surface area contributed by atoms with Crippen LogP contribution in [0.1, 0.15) is 33.3 Å². The molecule has 0 atom stereocenters. The summed E-state index contributed by atoms with van der Waals surface area (Å²) in [4.78, 5) is 14.0. The average molecular weight is 237 g/mol. The Morgan fingerprint density at radius 2 is 2.06 bits per heavy atom. The second kappa shape index (κ2) is 3.59. The van der Waals surface area contributed by atoms with Crippen molar-refractivity contribution in [1.82, 2.24) is 4.90 Å². The number of amides is 1. The fourth-order valence-corrected chi connectivity index (χ4v) is 3.02. The van der Waals surface area contributed by atoms with Crippen molar-refractivity contribution in [3.8, 4) is 0 Å². The Kier molecular flexibility index (Phi) is 2.61. The Balaban J connectivity index is 2.03. The molecule has 16 heavy (non-hydrogen) atoms. The van der Waals surface area contributed by atoms with Gasteiger partial charge in [-0.05, 0) is 22.4 Å². The monoisotopic (exact) mass is 237 g/mol. The highest BCUT2D eigenvalue weighted by molar-refractivity contribution is 7.08. The summed E-state index contributed by atoms with van der Waals surface area (Å²) in [5, 5.41) is 4.30. The first-order valence-electron chi connectivity index (χ1n) is 5.65. The van der Waals surface area contributed by atoms with Gasteiger partial charge in [0.2, 0.25) is 5.91 Å². The first kappa shape index (κ1) is 11.6. The summed E-state index contributed by atoms with van der Waals surface area (Å²) in [6.45, 7) is 9.90. The fraction of sp³-hybridized carbons (Fsp3) is 0.615. The third kappa shape index (κ3) is 1.88. The van der Waals surface area contributed by atoms with Gasteiger partial charge >= 0.3 is 0 Å². The van der Waals surface area contributed by atoms with Gasteiger partial charge in [-0.1, -0.05) is 27.7 Å². The van der Waals surface area contributed by atoms with Crippen LogP contribution in [0.25, 0.3) is 0 Å². The molecule has 0 spiro atoms. The van der Waals surface area contributed by atoms with Crippen LogP contribution in [0.15, 0.2) is 16.8 Å². The van der Waals surface area contributed by atoms with Crippen molar-refractivity contribution in [1.29, 1.82) is 0 Å². The van der Waals surface area contributed by atoms with Crippen molar-refractivity contribution < 1.29 is 4.79 Å². The van der Waals surface area contributed by atoms with E-state index in [1.807, 2.05) is 25.7 Å². The number of likely N-dealkylation sites (tertiary alicyclic amines) is 1. The molecule has 0 radical (unpaired) electrons. The standard InChI is InChI=1S/C13H19NOS/c1-12(2,3)11(15)14-8-13(4,9-14)10-5-6-16-7-10/h5-7H,8-9H2,1-4H3. The molecule has 1 fully saturated rings. The minimum atomic E-state index is -0.254. The van der Waals surface area contributed by atoms with Crippen molar-refractivity contribution in [3.63, 3.8) is 0 Å². The van der Waals surface area contributed by atoms with Crippen LogP contribution in [-0.2, 0) is 10.2 Å². The van der Waals surface area contributed by atoms with Crippen molar-refractivity contribution in [2.45, 2.75) is 33.1 Å². The van der Waals surface area contributed by atoms with Gasteiger partial charge in [0.25, 0.3) is 0 Å². The molecule has 3 heteroatoms. The number of nitrogens with zero attached hydrogens (tertiary/aromatic N) is 1. The molecule has 0 saturated carbocycles. The van der Waals surface area contributed by atoms with Crippen LogP contribution in [-0.4, -0.2) is 23.9 Å². The van der Waals surface area contributed by atoms with E-state index in [4.69, 9.17) is 0 Å². The van der Waals surface area contributed by atoms with Gasteiger partial charge in [-0.3, -0.25) is 4.79 Å². The van der Waals surface area contributed by atoms with Crippen LogP contribution < -0.4 is 0 Å². The van der Waals surface area contributed by atoms with Gasteiger partial charge in [0, 0.05) is 23.9 Å². The molecular weight excluding hydrogens is 218 g/mol. The molecule has 1 amide bonds. The van der Waals surface area contributed by atoms with Crippen molar-refractivity contribution in [2.24, 2.45) is 5.41 Å². The maximum Gasteiger partial charge on any atom is 0.228 e. The van der Waals surface area contributed by atoms with Gasteiger partial charge in [0.15, 0.2) is 0 Å². The second-order valence-electron chi connectivity index (χ2n) is 5.98. The van der Waals surface area contributed by atoms with Gasteiger partial charge in [0.05, 0.1) is 0 Å². The molecule has 1 aromatic rings. The van der Waals surface area contributed by atoms with E-state index in [0.717, 1.165) is 13.1 Å². The van der Waals surface area contributed by atoms with Gasteiger partial charge in [-0.25, -0.2) is 0 Å². The predicted octanol–water partition coefficient (Wildman–Crippen LogP) is 2.89. The van der Waals surface area contributed by atoms with Crippen molar-refractivity contribution >= 4 is 17.2 Å². The summed E-state index contributed by atoms with van der Waals surface area (Å²) in [6.07, 6.45) is 0. The summed E-state index contributed by atoms with van der Waals surface area (Å²) in [5.41, 5.74) is 1.30. The first-order chi connectivity index (χ1) is 7.33. The van der Waals surface area contributed by atoms with E-state index in [2.05, 4.69) is 23.8 Å². The highest BCUT2D eigenvalue weighted by Crippen LogP contribution is 2.37. The Morgan fingerprint density at radius 3 is 2.50 bits per heavy atom. The fourth-order valence-electron chi connectivity index (χ4n) is 2.20. The third-order valence-corrected chi connectivity index (χ3v) is 3.91. The van der Waals surface area contributed by atoms with Crippen molar-refractivity contribution in [2.75, 3.05) is 13.1 Å². The van der Waals surface area contributed by atoms with E-state index < -0.39 is 0 Å². The van der Waals surface area contributed by atoms with Crippen molar-refractivity contribution in [3.05, 3.63) is 22.4 Å². The van der Waals surface area contributed by atoms with Crippen LogP contribution in [0, 0.1) is 5.41 Å². The molecule has 1 aliphatic rings. The Hall–Kier alpha value is -0.830. The normalized spacial score (nSPS) is 19.4. The predicted molar refractivity (Wildman–Crippen MR) is 67.7 cm³/mol. The molecule has 2 nitrogen and oxygen atoms in total. The molecule has 1 aromatic heterocycles. The SMILES string of the molecule is CC(C)(C)C(=O)N1CC(C)(c2ccsc2)C1. The zero-order valence-electron chi connectivity index (χ0n) is 10.4. The van der Waals surface area contributed by atoms with E-state index in [1.165, 1.54) is 5.56 Å². The molecule has 1 aliphatic heterocycles. The molecule has 2 heterocycles. The molecule has 1 saturated heterocycles. The smallest absolute Gasteiger partial charge is 0.228 e. The Bertz CT molecular complexity index is 383. The quantitative estimate of drug-likeness (QED) is 0.735. The van der Waals surface area contributed by atoms with Crippen LogP contribution in [0.2, 0.25) is 0 Å². The second-order valence-corrected chi connectivity index (χ2v) is 6.76. The summed E-state index contributed by atoms with van der Waals surface area (Å²) in [7, 11) is 0. The maximum absolute atomic E-state index is 12.0. The van der Waals surface area contributed by atoms with Crippen LogP contribution in [0.4, 0.5) is 0 Å². The number of hydrogen-bond donors (Lipinski definition) is 0. The molecule has 0 N–H and O–H groups in total. The number of carbonyl (C=O) groups is 1. The van der Waals surface area contributed by atoms with E-state index >= 15 is 0 Å². The molecule has 88 valence electrons. The lowest BCUT2D eigenvalue weighted by Gasteiger charge is -2.49. The highest BCUT2D eigenvalue weighted by Gasteiger charge is 2.45. The minimum Gasteiger partial charge on any atom is -0.340 e. The lowest BCUT2D eigenvalue weighted by Crippen LogP contribution is -2.61. The summed E-state index contributed by atoms with van der Waals surface area (Å²) >= 11 is 1.73. The molecular formula is C13H19NOS. The Morgan fingerprint density at radius 1 is 1.44 bits per heavy atom. The van der Waals surface area contributed by atoms with Crippen LogP contribution >= 0.6 is 11.3 Å². The zero-order valence-corrected chi connectivity index (χ0v) is 11.2. The lowest BCUT2D eigenvalue weighted by molar-refractivity contribution is -0.147. The first-order valence-corrected chi connectivity index (χ1v) is 6.59. The topological polar surface area (TPSA) is 20.3 Å². The number of rotatable bonds is 1. The van der Waals surface area contributed by atoms with Gasteiger partial charge in [-0.2, -0.15) is 11.3 Å². The molecule has 0 bridgehead atoms. The van der Waals surface area contributed by atoms with Crippen LogP contribution in [0.5, 0.6) is 0 Å². The summed E-state index contributed by atoms with van der Waals surface area (Å²) < 4.78 is 0. The molecule has 0 aromatic carbocycles. The lowest BCUT2D eigenvalue weighted by atomic mass is 9.75.